The summed E-state index contributed by atoms with van der Waals surface area (Å²) < 4.78 is 1.23. The third kappa shape index (κ3) is 1.94. The van der Waals surface area contributed by atoms with Crippen molar-refractivity contribution in [2.24, 2.45) is 0 Å². The summed E-state index contributed by atoms with van der Waals surface area (Å²) in [6.07, 6.45) is 2.21. The van der Waals surface area contributed by atoms with Gasteiger partial charge in [-0.15, -0.1) is 0 Å². The molecule has 0 saturated carbocycles. The maximum atomic E-state index is 3.82. The molecule has 1 aliphatic carbocycles. The maximum absolute atomic E-state index is 3.82. The van der Waals surface area contributed by atoms with E-state index in [-0.39, 0.29) is 5.41 Å². The van der Waals surface area contributed by atoms with Gasteiger partial charge in [-0.1, -0.05) is 60.1 Å². The molecule has 0 fully saturated rings. The van der Waals surface area contributed by atoms with Gasteiger partial charge in [-0.3, -0.25) is 0 Å². The van der Waals surface area contributed by atoms with Crippen LogP contribution in [-0.4, -0.2) is 0 Å². The zero-order valence-corrected chi connectivity index (χ0v) is 14.9. The first-order valence-corrected chi connectivity index (χ1v) is 8.25. The van der Waals surface area contributed by atoms with Crippen LogP contribution < -0.4 is 0 Å². The SMILES string of the molecule is C/C=C(\C)c1c(C)cc(Br)c2c1-c1ccccc1C2(C)C. The largest absolute Gasteiger partial charge is 0.0841 e. The molecule has 0 spiro atoms. The molecule has 3 rings (SSSR count). The van der Waals surface area contributed by atoms with Gasteiger partial charge in [0.15, 0.2) is 0 Å². The Morgan fingerprint density at radius 1 is 1.19 bits per heavy atom. The van der Waals surface area contributed by atoms with Crippen LogP contribution in [0.5, 0.6) is 0 Å². The predicted octanol–water partition coefficient (Wildman–Crippen LogP) is 6.49. The quantitative estimate of drug-likeness (QED) is 0.556. The standard InChI is InChI=1S/C20H21Br/c1-6-12(2)17-13(3)11-16(21)19-18(17)14-9-7-8-10-15(14)20(19,4)5/h6-11H,1-5H3/b12-6+. The van der Waals surface area contributed by atoms with Crippen LogP contribution in [0.2, 0.25) is 0 Å². The van der Waals surface area contributed by atoms with E-state index in [2.05, 4.69) is 87.0 Å². The molecule has 21 heavy (non-hydrogen) atoms. The third-order valence-electron chi connectivity index (χ3n) is 4.80. The number of benzene rings is 2. The fourth-order valence-corrected chi connectivity index (χ4v) is 4.73. The molecular weight excluding hydrogens is 320 g/mol. The Morgan fingerprint density at radius 3 is 2.52 bits per heavy atom. The molecule has 0 N–H and O–H groups in total. The van der Waals surface area contributed by atoms with Gasteiger partial charge in [0.05, 0.1) is 0 Å². The van der Waals surface area contributed by atoms with Gasteiger partial charge in [0, 0.05) is 9.89 Å². The molecule has 0 bridgehead atoms. The Labute approximate surface area is 136 Å². The second kappa shape index (κ2) is 4.84. The van der Waals surface area contributed by atoms with Gasteiger partial charge in [0.1, 0.15) is 0 Å². The molecular formula is C20H21Br. The number of halogens is 1. The lowest BCUT2D eigenvalue weighted by molar-refractivity contribution is 0.657. The highest BCUT2D eigenvalue weighted by atomic mass is 79.9. The predicted molar refractivity (Wildman–Crippen MR) is 95.8 cm³/mol. The van der Waals surface area contributed by atoms with E-state index in [1.165, 1.54) is 43.4 Å². The lowest BCUT2D eigenvalue weighted by Crippen LogP contribution is -2.16. The van der Waals surface area contributed by atoms with Crippen LogP contribution in [0.1, 0.15) is 49.9 Å². The second-order valence-corrected chi connectivity index (χ2v) is 7.30. The van der Waals surface area contributed by atoms with Crippen molar-refractivity contribution in [3.8, 4) is 11.1 Å². The number of rotatable bonds is 1. The Morgan fingerprint density at radius 2 is 1.86 bits per heavy atom. The van der Waals surface area contributed by atoms with E-state index in [1.54, 1.807) is 0 Å². The van der Waals surface area contributed by atoms with Crippen molar-refractivity contribution >= 4 is 21.5 Å². The molecule has 0 nitrogen and oxygen atoms in total. The summed E-state index contributed by atoms with van der Waals surface area (Å²) in [5.41, 5.74) is 9.78. The molecule has 2 aromatic carbocycles. The second-order valence-electron chi connectivity index (χ2n) is 6.44. The van der Waals surface area contributed by atoms with Crippen LogP contribution in [-0.2, 0) is 5.41 Å². The van der Waals surface area contributed by atoms with Crippen molar-refractivity contribution in [2.75, 3.05) is 0 Å². The van der Waals surface area contributed by atoms with Crippen molar-refractivity contribution in [2.45, 2.75) is 40.0 Å². The molecule has 2 aromatic rings. The first-order valence-electron chi connectivity index (χ1n) is 7.46. The van der Waals surface area contributed by atoms with E-state index in [0.717, 1.165) is 0 Å². The Kier molecular flexibility index (Phi) is 3.37. The summed E-state index contributed by atoms with van der Waals surface area (Å²) in [6, 6.07) is 11.1. The lowest BCUT2D eigenvalue weighted by Gasteiger charge is -2.24. The summed E-state index contributed by atoms with van der Waals surface area (Å²) in [4.78, 5) is 0. The van der Waals surface area contributed by atoms with Gasteiger partial charge < -0.3 is 0 Å². The Hall–Kier alpha value is -1.34. The van der Waals surface area contributed by atoms with Crippen LogP contribution in [0.25, 0.3) is 16.7 Å². The topological polar surface area (TPSA) is 0 Å². The van der Waals surface area contributed by atoms with Crippen molar-refractivity contribution in [3.05, 3.63) is 63.1 Å². The average Bonchev–Trinajstić information content (AvgIpc) is 2.68. The summed E-state index contributed by atoms with van der Waals surface area (Å²) >= 11 is 3.82. The highest BCUT2D eigenvalue weighted by Crippen LogP contribution is 2.54. The number of allylic oxidation sites excluding steroid dienone is 2. The fraction of sp³-hybridized carbons (Fsp3) is 0.300. The minimum Gasteiger partial charge on any atom is -0.0841 e. The average molecular weight is 341 g/mol. The van der Waals surface area contributed by atoms with Gasteiger partial charge >= 0.3 is 0 Å². The summed E-state index contributed by atoms with van der Waals surface area (Å²) in [5.74, 6) is 0. The molecule has 108 valence electrons. The van der Waals surface area contributed by atoms with Gasteiger partial charge in [0.2, 0.25) is 0 Å². The van der Waals surface area contributed by atoms with E-state index < -0.39 is 0 Å². The molecule has 0 atom stereocenters. The highest BCUT2D eigenvalue weighted by Gasteiger charge is 2.38. The number of hydrogen-bond acceptors (Lipinski definition) is 0. The van der Waals surface area contributed by atoms with E-state index in [0.29, 0.717) is 0 Å². The zero-order valence-electron chi connectivity index (χ0n) is 13.3. The Balaban J connectivity index is 2.51. The third-order valence-corrected chi connectivity index (χ3v) is 5.42. The van der Waals surface area contributed by atoms with Crippen molar-refractivity contribution < 1.29 is 0 Å². The molecule has 0 aliphatic heterocycles. The summed E-state index contributed by atoms with van der Waals surface area (Å²) in [5, 5.41) is 0. The van der Waals surface area contributed by atoms with Crippen LogP contribution in [0, 0.1) is 6.92 Å². The van der Waals surface area contributed by atoms with Crippen LogP contribution in [0.4, 0.5) is 0 Å². The van der Waals surface area contributed by atoms with Crippen LogP contribution >= 0.6 is 15.9 Å². The van der Waals surface area contributed by atoms with E-state index in [9.17, 15) is 0 Å². The smallest absolute Gasteiger partial charge is 0.0225 e. The first-order chi connectivity index (χ1) is 9.89. The molecule has 0 amide bonds. The maximum Gasteiger partial charge on any atom is 0.0225 e. The van der Waals surface area contributed by atoms with Crippen molar-refractivity contribution in [3.63, 3.8) is 0 Å². The van der Waals surface area contributed by atoms with E-state index in [1.807, 2.05) is 0 Å². The summed E-state index contributed by atoms with van der Waals surface area (Å²) in [6.45, 7) is 11.2. The van der Waals surface area contributed by atoms with Crippen molar-refractivity contribution in [1.82, 2.24) is 0 Å². The zero-order chi connectivity index (χ0) is 15.4. The normalized spacial score (nSPS) is 15.8. The monoisotopic (exact) mass is 340 g/mol. The van der Waals surface area contributed by atoms with E-state index in [4.69, 9.17) is 0 Å². The van der Waals surface area contributed by atoms with Gasteiger partial charge in [-0.05, 0) is 65.8 Å². The number of aryl methyl sites for hydroxylation is 1. The molecule has 1 heteroatoms. The number of fused-ring (bicyclic) bond motifs is 3. The first kappa shape index (κ1) is 14.6. The number of hydrogen-bond donors (Lipinski definition) is 0. The Bertz CT molecular complexity index is 764. The molecule has 0 unspecified atom stereocenters. The minimum absolute atomic E-state index is 0.0429. The van der Waals surface area contributed by atoms with E-state index >= 15 is 0 Å². The molecule has 0 saturated heterocycles. The molecule has 0 heterocycles. The van der Waals surface area contributed by atoms with Crippen molar-refractivity contribution in [1.29, 1.82) is 0 Å². The van der Waals surface area contributed by atoms with Gasteiger partial charge in [-0.2, -0.15) is 0 Å². The lowest BCUT2D eigenvalue weighted by atomic mass is 9.81. The minimum atomic E-state index is 0.0429. The molecule has 0 aromatic heterocycles. The molecule has 0 radical (unpaired) electrons. The highest BCUT2D eigenvalue weighted by molar-refractivity contribution is 9.10. The fourth-order valence-electron chi connectivity index (χ4n) is 3.69. The van der Waals surface area contributed by atoms with Gasteiger partial charge in [0.25, 0.3) is 0 Å². The molecule has 1 aliphatic rings. The van der Waals surface area contributed by atoms with Gasteiger partial charge in [-0.25, -0.2) is 0 Å². The summed E-state index contributed by atoms with van der Waals surface area (Å²) in [7, 11) is 0. The van der Waals surface area contributed by atoms with Crippen LogP contribution in [0.15, 0.2) is 40.9 Å². The van der Waals surface area contributed by atoms with Crippen LogP contribution in [0.3, 0.4) is 0 Å².